The Bertz CT molecular complexity index is 803. The molecular weight excluding hydrogens is 316 g/mol. The number of anilines is 1. The van der Waals surface area contributed by atoms with Gasteiger partial charge in [0.05, 0.1) is 18.4 Å². The van der Waals surface area contributed by atoms with E-state index in [2.05, 4.69) is 14.9 Å². The molecule has 1 aliphatic heterocycles. The van der Waals surface area contributed by atoms with Crippen molar-refractivity contribution in [3.05, 3.63) is 24.5 Å². The molecular formula is C15H20N4O3S. The number of hydrogen-bond donors (Lipinski definition) is 1. The summed E-state index contributed by atoms with van der Waals surface area (Å²) < 4.78 is 27.1. The van der Waals surface area contributed by atoms with Gasteiger partial charge in [0.15, 0.2) is 0 Å². The second-order valence-corrected chi connectivity index (χ2v) is 7.59. The highest BCUT2D eigenvalue weighted by Crippen LogP contribution is 2.31. The van der Waals surface area contributed by atoms with Gasteiger partial charge in [-0.2, -0.15) is 0 Å². The molecule has 1 saturated heterocycles. The largest absolute Gasteiger partial charge is 0.497 e. The summed E-state index contributed by atoms with van der Waals surface area (Å²) in [5, 5.41) is 6.02. The highest BCUT2D eigenvalue weighted by Gasteiger charge is 2.28. The number of aromatic nitrogens is 2. The molecule has 23 heavy (non-hydrogen) atoms. The Morgan fingerprint density at radius 2 is 2.13 bits per heavy atom. The fourth-order valence-electron chi connectivity index (χ4n) is 2.90. The van der Waals surface area contributed by atoms with Crippen molar-refractivity contribution in [3.63, 3.8) is 0 Å². The Morgan fingerprint density at radius 1 is 1.35 bits per heavy atom. The molecule has 8 heteroatoms. The van der Waals surface area contributed by atoms with Crippen LogP contribution >= 0.6 is 0 Å². The smallest absolute Gasteiger partial charge is 0.209 e. The molecule has 0 unspecified atom stereocenters. The van der Waals surface area contributed by atoms with Crippen LogP contribution in [-0.2, 0) is 10.0 Å². The van der Waals surface area contributed by atoms with E-state index in [4.69, 9.17) is 9.88 Å². The lowest BCUT2D eigenvalue weighted by Gasteiger charge is -2.40. The zero-order valence-corrected chi connectivity index (χ0v) is 13.8. The second kappa shape index (κ2) is 6.29. The summed E-state index contributed by atoms with van der Waals surface area (Å²) in [7, 11) is -1.72. The van der Waals surface area contributed by atoms with Gasteiger partial charge in [-0.3, -0.25) is 0 Å². The predicted octanol–water partition coefficient (Wildman–Crippen LogP) is 1.14. The van der Waals surface area contributed by atoms with E-state index in [0.717, 1.165) is 42.0 Å². The Hall–Kier alpha value is -1.93. The molecule has 1 aromatic heterocycles. The van der Waals surface area contributed by atoms with Crippen molar-refractivity contribution in [2.75, 3.05) is 30.9 Å². The van der Waals surface area contributed by atoms with Crippen molar-refractivity contribution in [2.45, 2.75) is 12.8 Å². The SMILES string of the molecule is COc1ccc2c(N3CC(CCCS(N)(=O)=O)C3)ncnc2c1. The maximum absolute atomic E-state index is 10.9. The normalized spacial score (nSPS) is 15.7. The molecule has 3 rings (SSSR count). The maximum atomic E-state index is 10.9. The van der Waals surface area contributed by atoms with Crippen LogP contribution in [0.5, 0.6) is 5.75 Å². The van der Waals surface area contributed by atoms with Crippen LogP contribution in [0.2, 0.25) is 0 Å². The Morgan fingerprint density at radius 3 is 2.83 bits per heavy atom. The number of primary sulfonamides is 1. The van der Waals surface area contributed by atoms with Gasteiger partial charge in [-0.1, -0.05) is 0 Å². The van der Waals surface area contributed by atoms with Gasteiger partial charge in [0.2, 0.25) is 10.0 Å². The fraction of sp³-hybridized carbons (Fsp3) is 0.467. The number of nitrogens with zero attached hydrogens (tertiary/aromatic N) is 3. The van der Waals surface area contributed by atoms with Crippen LogP contribution in [0.4, 0.5) is 5.82 Å². The number of hydrogen-bond acceptors (Lipinski definition) is 6. The van der Waals surface area contributed by atoms with Gasteiger partial charge >= 0.3 is 0 Å². The zero-order chi connectivity index (χ0) is 16.4. The first-order chi connectivity index (χ1) is 11.0. The van der Waals surface area contributed by atoms with E-state index in [1.165, 1.54) is 0 Å². The van der Waals surface area contributed by atoms with E-state index in [0.29, 0.717) is 12.3 Å². The van der Waals surface area contributed by atoms with Gasteiger partial charge in [0.1, 0.15) is 17.9 Å². The number of fused-ring (bicyclic) bond motifs is 1. The van der Waals surface area contributed by atoms with E-state index >= 15 is 0 Å². The highest BCUT2D eigenvalue weighted by molar-refractivity contribution is 7.89. The number of rotatable bonds is 6. The summed E-state index contributed by atoms with van der Waals surface area (Å²) in [6.45, 7) is 1.76. The summed E-state index contributed by atoms with van der Waals surface area (Å²) in [5.74, 6) is 2.23. The number of benzene rings is 1. The quantitative estimate of drug-likeness (QED) is 0.849. The monoisotopic (exact) mass is 336 g/mol. The summed E-state index contributed by atoms with van der Waals surface area (Å²) in [4.78, 5) is 10.9. The zero-order valence-electron chi connectivity index (χ0n) is 13.0. The third-order valence-electron chi connectivity index (χ3n) is 4.12. The number of methoxy groups -OCH3 is 1. The molecule has 7 nitrogen and oxygen atoms in total. The molecule has 0 spiro atoms. The summed E-state index contributed by atoms with van der Waals surface area (Å²) in [6, 6.07) is 5.76. The van der Waals surface area contributed by atoms with Gasteiger partial charge < -0.3 is 9.64 Å². The minimum atomic E-state index is -3.35. The van der Waals surface area contributed by atoms with Gasteiger partial charge in [-0.15, -0.1) is 0 Å². The molecule has 1 aliphatic rings. The lowest BCUT2D eigenvalue weighted by molar-refractivity contribution is 0.379. The Kier molecular flexibility index (Phi) is 4.36. The van der Waals surface area contributed by atoms with Crippen LogP contribution in [0, 0.1) is 5.92 Å². The van der Waals surface area contributed by atoms with Crippen LogP contribution in [-0.4, -0.2) is 44.3 Å². The van der Waals surface area contributed by atoms with Crippen LogP contribution in [0.15, 0.2) is 24.5 Å². The average Bonchev–Trinajstić information content (AvgIpc) is 2.47. The highest BCUT2D eigenvalue weighted by atomic mass is 32.2. The topological polar surface area (TPSA) is 98.4 Å². The van der Waals surface area contributed by atoms with Gasteiger partial charge in [-0.25, -0.2) is 23.5 Å². The van der Waals surface area contributed by atoms with Crippen LogP contribution < -0.4 is 14.8 Å². The van der Waals surface area contributed by atoms with Crippen LogP contribution in [0.1, 0.15) is 12.8 Å². The molecule has 0 radical (unpaired) electrons. The first-order valence-electron chi connectivity index (χ1n) is 7.50. The van der Waals surface area contributed by atoms with Crippen LogP contribution in [0.3, 0.4) is 0 Å². The summed E-state index contributed by atoms with van der Waals surface area (Å²) in [5.41, 5.74) is 0.854. The Balaban J connectivity index is 1.64. The van der Waals surface area contributed by atoms with Crippen molar-refractivity contribution in [3.8, 4) is 5.75 Å². The van der Waals surface area contributed by atoms with E-state index in [9.17, 15) is 8.42 Å². The molecule has 0 saturated carbocycles. The summed E-state index contributed by atoms with van der Waals surface area (Å²) >= 11 is 0. The number of ether oxygens (including phenoxy) is 1. The third-order valence-corrected chi connectivity index (χ3v) is 4.98. The number of sulfonamides is 1. The van der Waals surface area contributed by atoms with Crippen LogP contribution in [0.25, 0.3) is 10.9 Å². The van der Waals surface area contributed by atoms with Gasteiger partial charge in [0, 0.05) is 24.5 Å². The molecule has 0 atom stereocenters. The van der Waals surface area contributed by atoms with E-state index in [-0.39, 0.29) is 5.75 Å². The van der Waals surface area contributed by atoms with Crippen molar-refractivity contribution < 1.29 is 13.2 Å². The second-order valence-electron chi connectivity index (χ2n) is 5.86. The minimum absolute atomic E-state index is 0.0553. The standard InChI is InChI=1S/C15H20N4O3S/c1-22-12-4-5-13-14(7-12)17-10-18-15(13)19-8-11(9-19)3-2-6-23(16,20)21/h4-5,7,10-11H,2-3,6,8-9H2,1H3,(H2,16,20,21). The summed E-state index contributed by atoms with van der Waals surface area (Å²) in [6.07, 6.45) is 3.04. The van der Waals surface area contributed by atoms with Crippen molar-refractivity contribution >= 4 is 26.7 Å². The lowest BCUT2D eigenvalue weighted by Crippen LogP contribution is -2.47. The van der Waals surface area contributed by atoms with E-state index in [1.54, 1.807) is 13.4 Å². The third kappa shape index (κ3) is 3.70. The van der Waals surface area contributed by atoms with Crippen molar-refractivity contribution in [2.24, 2.45) is 11.1 Å². The molecule has 2 aromatic rings. The van der Waals surface area contributed by atoms with Gasteiger partial charge in [-0.05, 0) is 30.9 Å². The Labute approximate surface area is 135 Å². The molecule has 124 valence electrons. The molecule has 1 aromatic carbocycles. The molecule has 2 N–H and O–H groups in total. The molecule has 0 amide bonds. The minimum Gasteiger partial charge on any atom is -0.497 e. The number of nitrogens with two attached hydrogens (primary N) is 1. The fourth-order valence-corrected chi connectivity index (χ4v) is 3.47. The van der Waals surface area contributed by atoms with E-state index in [1.807, 2.05) is 18.2 Å². The van der Waals surface area contributed by atoms with E-state index < -0.39 is 10.0 Å². The van der Waals surface area contributed by atoms with Crippen molar-refractivity contribution in [1.29, 1.82) is 0 Å². The van der Waals surface area contributed by atoms with Crippen molar-refractivity contribution in [1.82, 2.24) is 9.97 Å². The first kappa shape index (κ1) is 15.9. The molecule has 1 fully saturated rings. The predicted molar refractivity (Wildman–Crippen MR) is 89.0 cm³/mol. The maximum Gasteiger partial charge on any atom is 0.209 e. The molecule has 0 aliphatic carbocycles. The van der Waals surface area contributed by atoms with Gasteiger partial charge in [0.25, 0.3) is 0 Å². The first-order valence-corrected chi connectivity index (χ1v) is 9.22. The lowest BCUT2D eigenvalue weighted by atomic mass is 9.94. The average molecular weight is 336 g/mol. The molecule has 2 heterocycles. The molecule has 0 bridgehead atoms.